The number of ketones is 2. The van der Waals surface area contributed by atoms with E-state index in [0.717, 1.165) is 36.2 Å². The molecule has 0 aromatic heterocycles. The topological polar surface area (TPSA) is 58.2 Å². The van der Waals surface area contributed by atoms with Crippen LogP contribution >= 0.6 is 0 Å². The molecule has 0 heterocycles. The number of carbonyl (C=O) groups excluding carboxylic acids is 2. The number of hydrogen-bond acceptors (Lipinski definition) is 4. The van der Waals surface area contributed by atoms with Crippen LogP contribution < -0.4 is 27.6 Å². The molecule has 0 saturated heterocycles. The number of nitrogens with one attached hydrogen (secondary N) is 2. The van der Waals surface area contributed by atoms with E-state index in [1.54, 1.807) is 19.2 Å². The minimum absolute atomic E-state index is 0. The van der Waals surface area contributed by atoms with Crippen molar-refractivity contribution in [2.75, 3.05) is 40.8 Å². The number of rotatable bonds is 8. The minimum atomic E-state index is -0.465. The lowest BCUT2D eigenvalue weighted by molar-refractivity contribution is -0.890. The van der Waals surface area contributed by atoms with Crippen LogP contribution in [0.5, 0.6) is 0 Å². The highest BCUT2D eigenvalue weighted by Gasteiger charge is 2.43. The van der Waals surface area contributed by atoms with Crippen molar-refractivity contribution < 1.29 is 31.1 Å². The van der Waals surface area contributed by atoms with Gasteiger partial charge in [-0.25, -0.2) is 0 Å². The van der Waals surface area contributed by atoms with Crippen molar-refractivity contribution >= 4 is 11.6 Å². The molecule has 1 aromatic carbocycles. The second kappa shape index (κ2) is 9.83. The lowest BCUT2D eigenvalue weighted by Crippen LogP contribution is -3.00. The van der Waals surface area contributed by atoms with Gasteiger partial charge in [-0.2, -0.15) is 0 Å². The lowest BCUT2D eigenvalue weighted by atomic mass is 9.71. The zero-order valence-corrected chi connectivity index (χ0v) is 19.4. The number of carbonyl (C=O) groups is 2. The summed E-state index contributed by atoms with van der Waals surface area (Å²) in [5.74, 6) is -0.476. The highest BCUT2D eigenvalue weighted by molar-refractivity contribution is 6.24. The van der Waals surface area contributed by atoms with Gasteiger partial charge < -0.3 is 32.1 Å². The molecular formula is C23H32BrN3O2. The molecule has 0 radical (unpaired) electrons. The van der Waals surface area contributed by atoms with Crippen molar-refractivity contribution in [3.63, 3.8) is 0 Å². The predicted octanol–water partition coefficient (Wildman–Crippen LogP) is -0.436. The van der Waals surface area contributed by atoms with Gasteiger partial charge in [-0.05, 0) is 12.5 Å². The molecule has 2 aliphatic rings. The van der Waals surface area contributed by atoms with Gasteiger partial charge in [-0.15, -0.1) is 0 Å². The molecule has 2 unspecified atom stereocenters. The Kier molecular flexibility index (Phi) is 7.97. The molecule has 1 aromatic rings. The van der Waals surface area contributed by atoms with Crippen LogP contribution in [0.1, 0.15) is 40.5 Å². The summed E-state index contributed by atoms with van der Waals surface area (Å²) in [6.45, 7) is 5.28. The van der Waals surface area contributed by atoms with Crippen LogP contribution in [0.2, 0.25) is 0 Å². The Hall–Kier alpha value is -1.76. The Balaban J connectivity index is 0.00000300. The van der Waals surface area contributed by atoms with Crippen molar-refractivity contribution in [2.24, 2.45) is 5.92 Å². The molecular weight excluding hydrogens is 430 g/mol. The maximum atomic E-state index is 13.3. The number of allylic oxidation sites excluding steroid dienone is 1. The van der Waals surface area contributed by atoms with Gasteiger partial charge in [0.2, 0.25) is 0 Å². The van der Waals surface area contributed by atoms with E-state index < -0.39 is 5.92 Å². The van der Waals surface area contributed by atoms with Crippen LogP contribution in [-0.2, 0) is 0 Å². The quantitative estimate of drug-likeness (QED) is 0.407. The summed E-state index contributed by atoms with van der Waals surface area (Å²) in [6.07, 6.45) is 6.15. The predicted molar refractivity (Wildman–Crippen MR) is 112 cm³/mol. The van der Waals surface area contributed by atoms with E-state index in [9.17, 15) is 9.59 Å². The molecule has 6 heteroatoms. The Bertz CT molecular complexity index is 829. The summed E-state index contributed by atoms with van der Waals surface area (Å²) >= 11 is 0. The van der Waals surface area contributed by atoms with Crippen molar-refractivity contribution in [3.05, 3.63) is 58.8 Å². The van der Waals surface area contributed by atoms with E-state index in [1.807, 2.05) is 24.3 Å². The van der Waals surface area contributed by atoms with Gasteiger partial charge in [-0.3, -0.25) is 9.59 Å². The van der Waals surface area contributed by atoms with E-state index >= 15 is 0 Å². The van der Waals surface area contributed by atoms with Crippen molar-refractivity contribution in [1.82, 2.24) is 10.6 Å². The lowest BCUT2D eigenvalue weighted by Gasteiger charge is -2.35. The minimum Gasteiger partial charge on any atom is -1.00 e. The molecule has 0 spiro atoms. The third-order valence-electron chi connectivity index (χ3n) is 5.81. The Morgan fingerprint density at radius 1 is 1.07 bits per heavy atom. The van der Waals surface area contributed by atoms with Crippen molar-refractivity contribution in [3.8, 4) is 0 Å². The monoisotopic (exact) mass is 461 g/mol. The highest BCUT2D eigenvalue weighted by Crippen LogP contribution is 2.36. The van der Waals surface area contributed by atoms with Crippen LogP contribution in [-0.4, -0.2) is 62.9 Å². The van der Waals surface area contributed by atoms with Gasteiger partial charge in [0, 0.05) is 48.5 Å². The molecule has 0 amide bonds. The molecule has 29 heavy (non-hydrogen) atoms. The summed E-state index contributed by atoms with van der Waals surface area (Å²) in [5.41, 5.74) is 2.39. The highest BCUT2D eigenvalue weighted by atomic mass is 79.9. The van der Waals surface area contributed by atoms with Gasteiger partial charge in [0.15, 0.2) is 11.6 Å². The fraction of sp³-hybridized carbons (Fsp3) is 0.478. The number of quaternary nitrogens is 1. The van der Waals surface area contributed by atoms with E-state index in [-0.39, 0.29) is 34.6 Å². The third kappa shape index (κ3) is 4.87. The van der Waals surface area contributed by atoms with Crippen LogP contribution in [0.4, 0.5) is 0 Å². The van der Waals surface area contributed by atoms with Gasteiger partial charge >= 0.3 is 0 Å². The summed E-state index contributed by atoms with van der Waals surface area (Å²) in [6, 6.07) is 7.01. The zero-order valence-electron chi connectivity index (χ0n) is 17.8. The summed E-state index contributed by atoms with van der Waals surface area (Å²) in [4.78, 5) is 26.4. The molecule has 0 aliphatic heterocycles. The largest absolute Gasteiger partial charge is 1.00 e. The van der Waals surface area contributed by atoms with Crippen molar-refractivity contribution in [2.45, 2.75) is 25.8 Å². The molecule has 2 atom stereocenters. The standard InChI is InChI=1S/C23H31N3O2.BrH/c1-5-14-26(3,4)15-8-13-25-19-12-11-18(24-2)20-21(19)23(28)17-10-7-6-9-16(17)22(20)27;/h6-7,9-12,19,21,25H,5,8,13-15H2,1-4H3;1H. The number of nitrogens with zero attached hydrogens (tertiary/aromatic N) is 1. The van der Waals surface area contributed by atoms with Crippen LogP contribution in [0, 0.1) is 5.92 Å². The molecule has 0 bridgehead atoms. The summed E-state index contributed by atoms with van der Waals surface area (Å²) in [7, 11) is 6.30. The molecule has 3 rings (SSSR count). The molecule has 2 N–H and O–H groups in total. The van der Waals surface area contributed by atoms with Gasteiger partial charge in [0.1, 0.15) is 0 Å². The van der Waals surface area contributed by atoms with Crippen LogP contribution in [0.25, 0.3) is 0 Å². The summed E-state index contributed by atoms with van der Waals surface area (Å²) < 4.78 is 1.00. The average molecular weight is 462 g/mol. The van der Waals surface area contributed by atoms with Crippen LogP contribution in [0.3, 0.4) is 0 Å². The fourth-order valence-electron chi connectivity index (χ4n) is 4.41. The number of halogens is 1. The SMILES string of the molecule is CCC[N+](C)(C)CCCNC1C=CC(NC)=C2C(=O)c3ccccc3C(=O)C21.[Br-]. The zero-order chi connectivity index (χ0) is 20.3. The van der Waals surface area contributed by atoms with Crippen LogP contribution in [0.15, 0.2) is 47.7 Å². The second-order valence-electron chi connectivity index (χ2n) is 8.37. The number of hydrogen-bond donors (Lipinski definition) is 2. The van der Waals surface area contributed by atoms with E-state index in [1.165, 1.54) is 6.42 Å². The molecule has 158 valence electrons. The fourth-order valence-corrected chi connectivity index (χ4v) is 4.41. The molecule has 2 aliphatic carbocycles. The molecule has 0 fully saturated rings. The van der Waals surface area contributed by atoms with Gasteiger partial charge in [0.05, 0.1) is 33.1 Å². The number of fused-ring (bicyclic) bond motifs is 2. The summed E-state index contributed by atoms with van der Waals surface area (Å²) in [5, 5.41) is 6.63. The van der Waals surface area contributed by atoms with Gasteiger partial charge in [-0.1, -0.05) is 37.3 Å². The number of Topliss-reactive ketones (excluding diaryl/α,β-unsaturated/α-hetero) is 2. The average Bonchev–Trinajstić information content (AvgIpc) is 2.68. The Morgan fingerprint density at radius 2 is 1.76 bits per heavy atom. The first-order valence-electron chi connectivity index (χ1n) is 10.2. The third-order valence-corrected chi connectivity index (χ3v) is 5.81. The molecule has 0 saturated carbocycles. The first kappa shape index (κ1) is 23.5. The number of likely N-dealkylation sites (N-methyl/N-ethyl adjacent to an activating group) is 1. The number of benzene rings is 1. The Labute approximate surface area is 184 Å². The molecule has 5 nitrogen and oxygen atoms in total. The smallest absolute Gasteiger partial charge is 0.192 e. The first-order valence-corrected chi connectivity index (χ1v) is 10.2. The Morgan fingerprint density at radius 3 is 2.41 bits per heavy atom. The maximum Gasteiger partial charge on any atom is 0.192 e. The van der Waals surface area contributed by atoms with E-state index in [4.69, 9.17) is 0 Å². The maximum absolute atomic E-state index is 13.3. The van der Waals surface area contributed by atoms with E-state index in [2.05, 4.69) is 31.7 Å². The normalized spacial score (nSPS) is 20.8. The second-order valence-corrected chi connectivity index (χ2v) is 8.37. The van der Waals surface area contributed by atoms with E-state index in [0.29, 0.717) is 16.7 Å². The van der Waals surface area contributed by atoms with Gasteiger partial charge in [0.25, 0.3) is 0 Å². The first-order chi connectivity index (χ1) is 13.4. The van der Waals surface area contributed by atoms with Crippen molar-refractivity contribution in [1.29, 1.82) is 0 Å².